The smallest absolute Gasteiger partial charge is 0.0991 e. The van der Waals surface area contributed by atoms with Crippen LogP contribution in [0.3, 0.4) is 0 Å². The highest BCUT2D eigenvalue weighted by molar-refractivity contribution is 5.32. The number of rotatable bonds is 2. The highest BCUT2D eigenvalue weighted by Gasteiger charge is 1.90. The zero-order valence-electron chi connectivity index (χ0n) is 7.12. The van der Waals surface area contributed by atoms with Crippen molar-refractivity contribution in [3.63, 3.8) is 0 Å². The molecule has 0 aliphatic heterocycles. The average molecular weight is 157 g/mol. The molecule has 12 heavy (non-hydrogen) atoms. The fourth-order valence-corrected chi connectivity index (χ4v) is 0.969. The Morgan fingerprint density at radius 3 is 2.50 bits per heavy atom. The van der Waals surface area contributed by atoms with Gasteiger partial charge in [0.1, 0.15) is 0 Å². The lowest BCUT2D eigenvalue weighted by Gasteiger charge is -1.94. The summed E-state index contributed by atoms with van der Waals surface area (Å²) in [4.78, 5) is 0. The van der Waals surface area contributed by atoms with Crippen LogP contribution in [0.2, 0.25) is 0 Å². The molecular formula is C11H11N. The highest BCUT2D eigenvalue weighted by Crippen LogP contribution is 2.04. The Balaban J connectivity index is 2.73. The summed E-state index contributed by atoms with van der Waals surface area (Å²) in [6, 6.07) is 9.75. The van der Waals surface area contributed by atoms with Gasteiger partial charge in [-0.3, -0.25) is 0 Å². The quantitative estimate of drug-likeness (QED) is 0.605. The predicted octanol–water partition coefficient (Wildman–Crippen LogP) is 2.68. The Labute approximate surface area is 73.0 Å². The van der Waals surface area contributed by atoms with E-state index in [4.69, 9.17) is 5.26 Å². The average Bonchev–Trinajstić information content (AvgIpc) is 2.15. The van der Waals surface area contributed by atoms with Gasteiger partial charge in [0.15, 0.2) is 0 Å². The molecule has 0 bridgehead atoms. The molecule has 1 rings (SSSR count). The second-order valence-corrected chi connectivity index (χ2v) is 2.58. The Morgan fingerprint density at radius 2 is 2.00 bits per heavy atom. The van der Waals surface area contributed by atoms with E-state index in [-0.39, 0.29) is 0 Å². The van der Waals surface area contributed by atoms with E-state index in [1.54, 1.807) is 0 Å². The van der Waals surface area contributed by atoms with Crippen molar-refractivity contribution < 1.29 is 0 Å². The number of nitriles is 1. The fraction of sp³-hybridized carbons (Fsp3) is 0.182. The van der Waals surface area contributed by atoms with E-state index in [1.807, 2.05) is 37.3 Å². The van der Waals surface area contributed by atoms with E-state index in [0.717, 1.165) is 12.0 Å². The van der Waals surface area contributed by atoms with Gasteiger partial charge in [-0.15, -0.1) is 0 Å². The molecule has 1 aromatic rings. The van der Waals surface area contributed by atoms with E-state index >= 15 is 0 Å². The molecule has 0 aliphatic rings. The van der Waals surface area contributed by atoms with Crippen LogP contribution in [0.4, 0.5) is 0 Å². The van der Waals surface area contributed by atoms with Gasteiger partial charge in [0.2, 0.25) is 0 Å². The maximum absolute atomic E-state index is 8.54. The second-order valence-electron chi connectivity index (χ2n) is 2.58. The SMILES string of the molecule is CC=CCc1ccc(C#N)cc1. The third kappa shape index (κ3) is 2.25. The predicted molar refractivity (Wildman–Crippen MR) is 49.7 cm³/mol. The summed E-state index contributed by atoms with van der Waals surface area (Å²) >= 11 is 0. The van der Waals surface area contributed by atoms with E-state index in [1.165, 1.54) is 5.56 Å². The molecule has 1 aromatic carbocycles. The molecule has 0 amide bonds. The van der Waals surface area contributed by atoms with Crippen LogP contribution in [-0.2, 0) is 6.42 Å². The largest absolute Gasteiger partial charge is 0.192 e. The highest BCUT2D eigenvalue weighted by atomic mass is 14.2. The van der Waals surface area contributed by atoms with Crippen LogP contribution >= 0.6 is 0 Å². The van der Waals surface area contributed by atoms with E-state index in [9.17, 15) is 0 Å². The summed E-state index contributed by atoms with van der Waals surface area (Å²) in [6.45, 7) is 2.00. The summed E-state index contributed by atoms with van der Waals surface area (Å²) in [5.74, 6) is 0. The standard InChI is InChI=1S/C11H11N/c1-2-3-4-10-5-7-11(9-12)8-6-10/h2-3,5-8H,4H2,1H3. The van der Waals surface area contributed by atoms with Gasteiger partial charge >= 0.3 is 0 Å². The van der Waals surface area contributed by atoms with Gasteiger partial charge in [0.05, 0.1) is 11.6 Å². The van der Waals surface area contributed by atoms with Crippen LogP contribution in [0, 0.1) is 11.3 Å². The lowest BCUT2D eigenvalue weighted by Crippen LogP contribution is -1.80. The van der Waals surface area contributed by atoms with Crippen LogP contribution in [0.15, 0.2) is 36.4 Å². The van der Waals surface area contributed by atoms with Gasteiger partial charge < -0.3 is 0 Å². The minimum Gasteiger partial charge on any atom is -0.192 e. The Hall–Kier alpha value is -1.55. The summed E-state index contributed by atoms with van der Waals surface area (Å²) in [5, 5.41) is 8.54. The Morgan fingerprint density at radius 1 is 1.33 bits per heavy atom. The maximum Gasteiger partial charge on any atom is 0.0991 e. The van der Waals surface area contributed by atoms with Crippen LogP contribution in [0.5, 0.6) is 0 Å². The van der Waals surface area contributed by atoms with E-state index < -0.39 is 0 Å². The monoisotopic (exact) mass is 157 g/mol. The molecule has 0 fully saturated rings. The fourth-order valence-electron chi connectivity index (χ4n) is 0.969. The van der Waals surface area contributed by atoms with Crippen LogP contribution in [0.1, 0.15) is 18.1 Å². The first-order valence-electron chi connectivity index (χ1n) is 3.97. The molecule has 0 aliphatic carbocycles. The first-order chi connectivity index (χ1) is 5.86. The summed E-state index contributed by atoms with van der Waals surface area (Å²) in [6.07, 6.45) is 5.07. The molecule has 0 saturated heterocycles. The maximum atomic E-state index is 8.54. The van der Waals surface area contributed by atoms with Crippen LogP contribution in [0.25, 0.3) is 0 Å². The summed E-state index contributed by atoms with van der Waals surface area (Å²) < 4.78 is 0. The first-order valence-corrected chi connectivity index (χ1v) is 3.97. The molecule has 0 radical (unpaired) electrons. The number of allylic oxidation sites excluding steroid dienone is 2. The van der Waals surface area contributed by atoms with Crippen molar-refractivity contribution in [1.82, 2.24) is 0 Å². The minimum atomic E-state index is 0.722. The van der Waals surface area contributed by atoms with Crippen molar-refractivity contribution in [3.05, 3.63) is 47.5 Å². The lowest BCUT2D eigenvalue weighted by molar-refractivity contribution is 1.26. The molecule has 0 heterocycles. The third-order valence-corrected chi connectivity index (χ3v) is 1.67. The molecule has 1 nitrogen and oxygen atoms in total. The number of benzene rings is 1. The molecule has 0 saturated carbocycles. The molecular weight excluding hydrogens is 146 g/mol. The topological polar surface area (TPSA) is 23.8 Å². The zero-order chi connectivity index (χ0) is 8.81. The molecule has 0 atom stereocenters. The molecule has 0 spiro atoms. The number of hydrogen-bond donors (Lipinski definition) is 0. The second kappa shape index (κ2) is 4.35. The van der Waals surface area contributed by atoms with Gasteiger partial charge in [-0.25, -0.2) is 0 Å². The molecule has 0 unspecified atom stereocenters. The summed E-state index contributed by atoms with van der Waals surface area (Å²) in [7, 11) is 0. The van der Waals surface area contributed by atoms with Crippen molar-refractivity contribution >= 4 is 0 Å². The van der Waals surface area contributed by atoms with Gasteiger partial charge in [0, 0.05) is 0 Å². The van der Waals surface area contributed by atoms with E-state index in [2.05, 4.69) is 12.1 Å². The van der Waals surface area contributed by atoms with Crippen molar-refractivity contribution in [1.29, 1.82) is 5.26 Å². The molecule has 60 valence electrons. The van der Waals surface area contributed by atoms with Crippen molar-refractivity contribution in [2.24, 2.45) is 0 Å². The zero-order valence-corrected chi connectivity index (χ0v) is 7.12. The lowest BCUT2D eigenvalue weighted by atomic mass is 10.1. The Kier molecular flexibility index (Phi) is 3.10. The van der Waals surface area contributed by atoms with Gasteiger partial charge in [-0.2, -0.15) is 5.26 Å². The minimum absolute atomic E-state index is 0.722. The van der Waals surface area contributed by atoms with Crippen LogP contribution in [-0.4, -0.2) is 0 Å². The van der Waals surface area contributed by atoms with Crippen molar-refractivity contribution in [2.45, 2.75) is 13.3 Å². The number of nitrogens with zero attached hydrogens (tertiary/aromatic N) is 1. The van der Waals surface area contributed by atoms with E-state index in [0.29, 0.717) is 0 Å². The third-order valence-electron chi connectivity index (χ3n) is 1.67. The van der Waals surface area contributed by atoms with Crippen LogP contribution < -0.4 is 0 Å². The van der Waals surface area contributed by atoms with Crippen molar-refractivity contribution in [2.75, 3.05) is 0 Å². The van der Waals surface area contributed by atoms with Gasteiger partial charge in [-0.05, 0) is 31.0 Å². The van der Waals surface area contributed by atoms with Crippen molar-refractivity contribution in [3.8, 4) is 6.07 Å². The normalized spacial score (nSPS) is 10.0. The van der Waals surface area contributed by atoms with Gasteiger partial charge in [-0.1, -0.05) is 24.3 Å². The number of hydrogen-bond acceptors (Lipinski definition) is 1. The summed E-state index contributed by atoms with van der Waals surface area (Å²) in [5.41, 5.74) is 1.96. The molecule has 0 N–H and O–H groups in total. The first kappa shape index (κ1) is 8.55. The molecule has 1 heteroatoms. The molecule has 0 aromatic heterocycles. The Bertz CT molecular complexity index is 301. The van der Waals surface area contributed by atoms with Gasteiger partial charge in [0.25, 0.3) is 0 Å².